The standard InChI is InChI=1S/C28H26ClN5O4S2/c1-17-7-2-3-9-19(17)16-40(37,38)28-32-15-21(29)24(33-28)26(36)34-27-23(20-10-4-5-11-22(20)39-27)25(35)31-14-18-8-6-12-30-13-18/h2-3,6-9,12-13,15H,4-5,10-11,14,16H2,1H3,(H,31,35)(H,34,36). The molecule has 1 aromatic carbocycles. The number of nitrogens with zero attached hydrogens (tertiary/aromatic N) is 3. The molecule has 2 N–H and O–H groups in total. The van der Waals surface area contributed by atoms with Gasteiger partial charge in [0.25, 0.3) is 11.8 Å². The Kier molecular flexibility index (Phi) is 8.24. The van der Waals surface area contributed by atoms with Crippen LogP contribution in [-0.2, 0) is 35.0 Å². The van der Waals surface area contributed by atoms with Crippen LogP contribution in [0, 0.1) is 6.92 Å². The van der Waals surface area contributed by atoms with E-state index in [2.05, 4.69) is 25.6 Å². The highest BCUT2D eigenvalue weighted by atomic mass is 35.5. The summed E-state index contributed by atoms with van der Waals surface area (Å²) in [5.41, 5.74) is 3.32. The predicted molar refractivity (Wildman–Crippen MR) is 153 cm³/mol. The normalized spacial score (nSPS) is 12.9. The maximum atomic E-state index is 13.4. The number of sulfone groups is 1. The molecule has 3 heterocycles. The second-order valence-corrected chi connectivity index (χ2v) is 12.8. The number of anilines is 1. The lowest BCUT2D eigenvalue weighted by molar-refractivity contribution is 0.0951. The summed E-state index contributed by atoms with van der Waals surface area (Å²) in [4.78, 5) is 39.8. The number of thiophene rings is 1. The molecule has 0 spiro atoms. The molecule has 4 aromatic rings. The number of halogens is 1. The molecule has 0 radical (unpaired) electrons. The van der Waals surface area contributed by atoms with Crippen LogP contribution in [0.2, 0.25) is 5.02 Å². The summed E-state index contributed by atoms with van der Waals surface area (Å²) >= 11 is 7.60. The number of pyridine rings is 1. The molecule has 206 valence electrons. The topological polar surface area (TPSA) is 131 Å². The van der Waals surface area contributed by atoms with Crippen LogP contribution in [0.5, 0.6) is 0 Å². The molecule has 0 saturated heterocycles. The van der Waals surface area contributed by atoms with Crippen molar-refractivity contribution >= 4 is 49.6 Å². The number of rotatable bonds is 8. The summed E-state index contributed by atoms with van der Waals surface area (Å²) in [6.45, 7) is 2.10. The first-order chi connectivity index (χ1) is 19.2. The van der Waals surface area contributed by atoms with E-state index in [0.29, 0.717) is 16.1 Å². The Hall–Kier alpha value is -3.67. The number of nitrogens with one attached hydrogen (secondary N) is 2. The smallest absolute Gasteiger partial charge is 0.276 e. The molecule has 1 aliphatic carbocycles. The summed E-state index contributed by atoms with van der Waals surface area (Å²) in [7, 11) is -3.97. The zero-order valence-electron chi connectivity index (χ0n) is 21.6. The fourth-order valence-corrected chi connectivity index (χ4v) is 7.30. The van der Waals surface area contributed by atoms with Crippen molar-refractivity contribution in [2.45, 2.75) is 50.1 Å². The number of carbonyl (C=O) groups excluding carboxylic acids is 2. The van der Waals surface area contributed by atoms with Crippen LogP contribution in [0.4, 0.5) is 5.00 Å². The van der Waals surface area contributed by atoms with Crippen LogP contribution in [0.3, 0.4) is 0 Å². The first-order valence-corrected chi connectivity index (χ1v) is 15.5. The molecule has 0 bridgehead atoms. The highest BCUT2D eigenvalue weighted by Gasteiger charge is 2.28. The number of aromatic nitrogens is 3. The van der Waals surface area contributed by atoms with Gasteiger partial charge in [-0.2, -0.15) is 0 Å². The number of fused-ring (bicyclic) bond motifs is 1. The van der Waals surface area contributed by atoms with Gasteiger partial charge in [-0.1, -0.05) is 41.9 Å². The lowest BCUT2D eigenvalue weighted by Gasteiger charge is -2.13. The first-order valence-electron chi connectivity index (χ1n) is 12.7. The summed E-state index contributed by atoms with van der Waals surface area (Å²) < 4.78 is 26.2. The van der Waals surface area contributed by atoms with E-state index in [1.165, 1.54) is 11.3 Å². The molecule has 0 atom stereocenters. The van der Waals surface area contributed by atoms with Crippen LogP contribution in [0.15, 0.2) is 60.1 Å². The van der Waals surface area contributed by atoms with Crippen molar-refractivity contribution in [3.8, 4) is 0 Å². The minimum Gasteiger partial charge on any atom is -0.348 e. The van der Waals surface area contributed by atoms with E-state index in [1.54, 1.807) is 30.6 Å². The molecule has 2 amide bonds. The fourth-order valence-electron chi connectivity index (χ4n) is 4.53. The van der Waals surface area contributed by atoms with E-state index in [-0.39, 0.29) is 28.9 Å². The third kappa shape index (κ3) is 6.06. The van der Waals surface area contributed by atoms with Gasteiger partial charge in [-0.15, -0.1) is 11.3 Å². The van der Waals surface area contributed by atoms with Gasteiger partial charge in [-0.3, -0.25) is 14.6 Å². The maximum absolute atomic E-state index is 13.4. The van der Waals surface area contributed by atoms with E-state index in [9.17, 15) is 18.0 Å². The maximum Gasteiger partial charge on any atom is 0.276 e. The Morgan fingerprint density at radius 2 is 1.85 bits per heavy atom. The third-order valence-electron chi connectivity index (χ3n) is 6.62. The summed E-state index contributed by atoms with van der Waals surface area (Å²) in [5, 5.41) is 5.48. The van der Waals surface area contributed by atoms with Gasteiger partial charge < -0.3 is 10.6 Å². The molecule has 9 nitrogen and oxygen atoms in total. The predicted octanol–water partition coefficient (Wildman–Crippen LogP) is 4.93. The van der Waals surface area contributed by atoms with E-state index in [0.717, 1.165) is 53.4 Å². The second kappa shape index (κ2) is 11.8. The van der Waals surface area contributed by atoms with Gasteiger partial charge in [0.2, 0.25) is 15.0 Å². The summed E-state index contributed by atoms with van der Waals surface area (Å²) in [6, 6.07) is 10.8. The highest BCUT2D eigenvalue weighted by Crippen LogP contribution is 2.38. The molecule has 3 aromatic heterocycles. The van der Waals surface area contributed by atoms with Crippen molar-refractivity contribution < 1.29 is 18.0 Å². The molecular formula is C28H26ClN5O4S2. The highest BCUT2D eigenvalue weighted by molar-refractivity contribution is 7.90. The zero-order chi connectivity index (χ0) is 28.3. The monoisotopic (exact) mass is 595 g/mol. The molecule has 0 aliphatic heterocycles. The Balaban J connectivity index is 1.41. The lowest BCUT2D eigenvalue weighted by atomic mass is 9.95. The van der Waals surface area contributed by atoms with Crippen LogP contribution in [-0.4, -0.2) is 35.2 Å². The molecule has 0 fully saturated rings. The number of hydrogen-bond acceptors (Lipinski definition) is 8. The molecule has 1 aliphatic rings. The van der Waals surface area contributed by atoms with Crippen LogP contribution >= 0.6 is 22.9 Å². The second-order valence-electron chi connectivity index (χ2n) is 9.45. The third-order valence-corrected chi connectivity index (χ3v) is 9.55. The van der Waals surface area contributed by atoms with E-state index in [1.807, 2.05) is 25.1 Å². The largest absolute Gasteiger partial charge is 0.348 e. The van der Waals surface area contributed by atoms with E-state index >= 15 is 0 Å². The average molecular weight is 596 g/mol. The van der Waals surface area contributed by atoms with Crippen molar-refractivity contribution in [3.63, 3.8) is 0 Å². The Morgan fingerprint density at radius 3 is 2.62 bits per heavy atom. The van der Waals surface area contributed by atoms with Gasteiger partial charge in [0, 0.05) is 23.8 Å². The van der Waals surface area contributed by atoms with Crippen molar-refractivity contribution in [2.75, 3.05) is 5.32 Å². The Morgan fingerprint density at radius 1 is 1.05 bits per heavy atom. The number of benzene rings is 1. The molecule has 12 heteroatoms. The molecule has 0 unspecified atom stereocenters. The number of amides is 2. The minimum atomic E-state index is -3.97. The quantitative estimate of drug-likeness (QED) is 0.276. The van der Waals surface area contributed by atoms with Gasteiger partial charge in [0.1, 0.15) is 5.00 Å². The summed E-state index contributed by atoms with van der Waals surface area (Å²) in [5.74, 6) is -1.35. The Bertz CT molecular complexity index is 1690. The van der Waals surface area contributed by atoms with Gasteiger partial charge in [0.05, 0.1) is 22.5 Å². The SMILES string of the molecule is Cc1ccccc1CS(=O)(=O)c1ncc(Cl)c(C(=O)Nc2sc3c(c2C(=O)NCc2cccnc2)CCCC3)n1. The van der Waals surface area contributed by atoms with E-state index < -0.39 is 20.9 Å². The number of hydrogen-bond donors (Lipinski definition) is 2. The van der Waals surface area contributed by atoms with Crippen molar-refractivity contribution in [3.05, 3.63) is 98.4 Å². The Labute approximate surface area is 241 Å². The summed E-state index contributed by atoms with van der Waals surface area (Å²) in [6.07, 6.45) is 7.92. The van der Waals surface area contributed by atoms with Crippen LogP contribution in [0.25, 0.3) is 0 Å². The molecule has 40 heavy (non-hydrogen) atoms. The van der Waals surface area contributed by atoms with Gasteiger partial charge in [0.15, 0.2) is 5.69 Å². The number of aryl methyl sites for hydroxylation is 2. The minimum absolute atomic E-state index is 0.101. The molecular weight excluding hydrogens is 570 g/mol. The van der Waals surface area contributed by atoms with Crippen LogP contribution < -0.4 is 10.6 Å². The zero-order valence-corrected chi connectivity index (χ0v) is 24.0. The lowest BCUT2D eigenvalue weighted by Crippen LogP contribution is -2.26. The fraction of sp³-hybridized carbons (Fsp3) is 0.250. The van der Waals surface area contributed by atoms with E-state index in [4.69, 9.17) is 11.6 Å². The van der Waals surface area contributed by atoms with Gasteiger partial charge in [-0.05, 0) is 60.9 Å². The van der Waals surface area contributed by atoms with Crippen molar-refractivity contribution in [1.82, 2.24) is 20.3 Å². The number of carbonyl (C=O) groups is 2. The van der Waals surface area contributed by atoms with Crippen molar-refractivity contribution in [2.24, 2.45) is 0 Å². The van der Waals surface area contributed by atoms with Gasteiger partial charge >= 0.3 is 0 Å². The molecule has 0 saturated carbocycles. The van der Waals surface area contributed by atoms with Gasteiger partial charge in [-0.25, -0.2) is 18.4 Å². The molecule has 5 rings (SSSR count). The van der Waals surface area contributed by atoms with Crippen molar-refractivity contribution in [1.29, 1.82) is 0 Å². The average Bonchev–Trinajstić information content (AvgIpc) is 3.31. The first kappa shape index (κ1) is 27.9. The van der Waals surface area contributed by atoms with Crippen LogP contribution in [0.1, 0.15) is 60.8 Å².